The molecule has 2 aromatic rings. The Bertz CT molecular complexity index is 689. The molecule has 1 fully saturated rings. The van der Waals surface area contributed by atoms with Crippen LogP contribution in [0.4, 0.5) is 0 Å². The maximum Gasteiger partial charge on any atom is 0.251 e. The minimum absolute atomic E-state index is 0.0492. The first-order valence-corrected chi connectivity index (χ1v) is 9.50. The molecule has 138 valence electrons. The van der Waals surface area contributed by atoms with Gasteiger partial charge in [0.2, 0.25) is 0 Å². The molecule has 0 unspecified atom stereocenters. The average Bonchev–Trinajstić information content (AvgIpc) is 2.68. The number of benzene rings is 2. The number of piperidine rings is 1. The van der Waals surface area contributed by atoms with Crippen LogP contribution in [0.2, 0.25) is 0 Å². The highest BCUT2D eigenvalue weighted by atomic mass is 16.5. The quantitative estimate of drug-likeness (QED) is 0.824. The van der Waals surface area contributed by atoms with Crippen LogP contribution >= 0.6 is 0 Å². The molecule has 4 nitrogen and oxygen atoms in total. The fraction of sp³-hybridized carbons (Fsp3) is 0.409. The topological polar surface area (TPSA) is 41.6 Å². The molecule has 0 atom stereocenters. The van der Waals surface area contributed by atoms with Crippen molar-refractivity contribution in [3.8, 4) is 5.75 Å². The first-order chi connectivity index (χ1) is 12.7. The minimum Gasteiger partial charge on any atom is -0.492 e. The van der Waals surface area contributed by atoms with E-state index in [1.807, 2.05) is 55.5 Å². The van der Waals surface area contributed by atoms with E-state index in [2.05, 4.69) is 10.2 Å². The number of carbonyl (C=O) groups is 1. The van der Waals surface area contributed by atoms with E-state index in [1.54, 1.807) is 0 Å². The second-order valence-electron chi connectivity index (χ2n) is 6.94. The molecule has 1 N–H and O–H groups in total. The van der Waals surface area contributed by atoms with E-state index in [1.165, 1.54) is 32.4 Å². The summed E-state index contributed by atoms with van der Waals surface area (Å²) >= 11 is 0. The van der Waals surface area contributed by atoms with Crippen molar-refractivity contribution < 1.29 is 9.53 Å². The second-order valence-corrected chi connectivity index (χ2v) is 6.94. The van der Waals surface area contributed by atoms with Gasteiger partial charge in [0, 0.05) is 18.7 Å². The van der Waals surface area contributed by atoms with Crippen LogP contribution in [0.3, 0.4) is 0 Å². The van der Waals surface area contributed by atoms with Crippen molar-refractivity contribution in [3.63, 3.8) is 0 Å². The van der Waals surface area contributed by atoms with E-state index in [0.717, 1.165) is 30.0 Å². The normalized spacial score (nSPS) is 14.8. The fourth-order valence-corrected chi connectivity index (χ4v) is 3.17. The Morgan fingerprint density at radius 2 is 1.69 bits per heavy atom. The molecule has 1 aliphatic heterocycles. The van der Waals surface area contributed by atoms with Gasteiger partial charge in [0.1, 0.15) is 12.4 Å². The largest absolute Gasteiger partial charge is 0.492 e. The number of nitrogens with one attached hydrogen (secondary N) is 1. The molecule has 0 saturated carbocycles. The third-order valence-electron chi connectivity index (χ3n) is 4.82. The fourth-order valence-electron chi connectivity index (χ4n) is 3.17. The molecular weight excluding hydrogens is 324 g/mol. The Kier molecular flexibility index (Phi) is 6.67. The molecule has 0 radical (unpaired) electrons. The van der Waals surface area contributed by atoms with E-state index in [-0.39, 0.29) is 5.91 Å². The van der Waals surface area contributed by atoms with Crippen LogP contribution in [0.25, 0.3) is 0 Å². The first-order valence-electron chi connectivity index (χ1n) is 9.50. The molecule has 0 aromatic heterocycles. The molecule has 1 heterocycles. The number of nitrogens with zero attached hydrogens (tertiary/aromatic N) is 1. The lowest BCUT2D eigenvalue weighted by atomic mass is 10.1. The van der Waals surface area contributed by atoms with Gasteiger partial charge in [0.25, 0.3) is 5.91 Å². The van der Waals surface area contributed by atoms with E-state index >= 15 is 0 Å². The highest BCUT2D eigenvalue weighted by molar-refractivity contribution is 5.94. The lowest BCUT2D eigenvalue weighted by Gasteiger charge is -2.26. The molecule has 0 aliphatic carbocycles. The van der Waals surface area contributed by atoms with E-state index in [4.69, 9.17) is 4.74 Å². The Balaban J connectivity index is 1.41. The summed E-state index contributed by atoms with van der Waals surface area (Å²) in [5.41, 5.74) is 2.90. The van der Waals surface area contributed by atoms with Gasteiger partial charge in [-0.25, -0.2) is 0 Å². The molecule has 3 rings (SSSR count). The van der Waals surface area contributed by atoms with Crippen LogP contribution in [-0.4, -0.2) is 37.0 Å². The summed E-state index contributed by atoms with van der Waals surface area (Å²) in [4.78, 5) is 14.6. The van der Waals surface area contributed by atoms with Crippen molar-refractivity contribution in [2.45, 2.75) is 32.7 Å². The number of carbonyl (C=O) groups excluding carboxylic acids is 1. The number of amides is 1. The van der Waals surface area contributed by atoms with E-state index in [9.17, 15) is 4.79 Å². The van der Waals surface area contributed by atoms with Gasteiger partial charge >= 0.3 is 0 Å². The second kappa shape index (κ2) is 9.39. The van der Waals surface area contributed by atoms with Crippen molar-refractivity contribution in [2.75, 3.05) is 26.2 Å². The van der Waals surface area contributed by atoms with Gasteiger partial charge in [-0.2, -0.15) is 0 Å². The number of likely N-dealkylation sites (tertiary alicyclic amines) is 1. The monoisotopic (exact) mass is 352 g/mol. The van der Waals surface area contributed by atoms with Crippen molar-refractivity contribution in [1.82, 2.24) is 10.2 Å². The molecular formula is C22H28N2O2. The van der Waals surface area contributed by atoms with Gasteiger partial charge in [-0.3, -0.25) is 9.69 Å². The zero-order valence-corrected chi connectivity index (χ0v) is 15.5. The van der Waals surface area contributed by atoms with Gasteiger partial charge in [0.15, 0.2) is 0 Å². The summed E-state index contributed by atoms with van der Waals surface area (Å²) in [7, 11) is 0. The van der Waals surface area contributed by atoms with Crippen molar-refractivity contribution in [1.29, 1.82) is 0 Å². The van der Waals surface area contributed by atoms with Gasteiger partial charge in [-0.1, -0.05) is 36.2 Å². The molecule has 0 spiro atoms. The Hall–Kier alpha value is -2.33. The molecule has 4 heteroatoms. The Labute approximate surface area is 156 Å². The van der Waals surface area contributed by atoms with Crippen molar-refractivity contribution in [2.24, 2.45) is 0 Å². The maximum absolute atomic E-state index is 12.1. The molecule has 1 aliphatic rings. The third kappa shape index (κ3) is 5.60. The van der Waals surface area contributed by atoms with Crippen LogP contribution in [0.15, 0.2) is 48.5 Å². The van der Waals surface area contributed by atoms with Gasteiger partial charge in [0.05, 0.1) is 0 Å². The van der Waals surface area contributed by atoms with Gasteiger partial charge in [-0.15, -0.1) is 0 Å². The SMILES string of the molecule is Cc1ccc(C(=O)NCc2ccc(OCCN3CCCCC3)cc2)cc1. The molecule has 1 amide bonds. The minimum atomic E-state index is -0.0492. The van der Waals surface area contributed by atoms with Crippen LogP contribution < -0.4 is 10.1 Å². The highest BCUT2D eigenvalue weighted by Crippen LogP contribution is 2.13. The van der Waals surface area contributed by atoms with Crippen LogP contribution in [-0.2, 0) is 6.54 Å². The lowest BCUT2D eigenvalue weighted by Crippen LogP contribution is -2.33. The van der Waals surface area contributed by atoms with Crippen LogP contribution in [0.1, 0.15) is 40.7 Å². The van der Waals surface area contributed by atoms with Gasteiger partial charge < -0.3 is 10.1 Å². The van der Waals surface area contributed by atoms with E-state index < -0.39 is 0 Å². The molecule has 26 heavy (non-hydrogen) atoms. The summed E-state index contributed by atoms with van der Waals surface area (Å²) in [6.45, 7) is 6.64. The summed E-state index contributed by atoms with van der Waals surface area (Å²) in [6, 6.07) is 15.6. The first kappa shape index (κ1) is 18.5. The molecule has 0 bridgehead atoms. The Morgan fingerprint density at radius 3 is 2.38 bits per heavy atom. The lowest BCUT2D eigenvalue weighted by molar-refractivity contribution is 0.0951. The summed E-state index contributed by atoms with van der Waals surface area (Å²) in [6.07, 6.45) is 3.98. The molecule has 1 saturated heterocycles. The number of hydrogen-bond donors (Lipinski definition) is 1. The maximum atomic E-state index is 12.1. The number of ether oxygens (including phenoxy) is 1. The van der Waals surface area contributed by atoms with E-state index in [0.29, 0.717) is 12.1 Å². The van der Waals surface area contributed by atoms with Crippen molar-refractivity contribution >= 4 is 5.91 Å². The van der Waals surface area contributed by atoms with Crippen LogP contribution in [0.5, 0.6) is 5.75 Å². The average molecular weight is 352 g/mol. The summed E-state index contributed by atoms with van der Waals surface area (Å²) < 4.78 is 5.84. The smallest absolute Gasteiger partial charge is 0.251 e. The summed E-state index contributed by atoms with van der Waals surface area (Å²) in [5.74, 6) is 0.836. The molecule has 2 aromatic carbocycles. The zero-order valence-electron chi connectivity index (χ0n) is 15.5. The van der Waals surface area contributed by atoms with Crippen LogP contribution in [0, 0.1) is 6.92 Å². The predicted molar refractivity (Wildman–Crippen MR) is 105 cm³/mol. The number of aryl methyl sites for hydroxylation is 1. The number of hydrogen-bond acceptors (Lipinski definition) is 3. The number of rotatable bonds is 7. The Morgan fingerprint density at radius 1 is 1.00 bits per heavy atom. The predicted octanol–water partition coefficient (Wildman–Crippen LogP) is 3.79. The van der Waals surface area contributed by atoms with Crippen molar-refractivity contribution in [3.05, 3.63) is 65.2 Å². The third-order valence-corrected chi connectivity index (χ3v) is 4.82. The zero-order chi connectivity index (χ0) is 18.2. The van der Waals surface area contributed by atoms with Gasteiger partial charge in [-0.05, 0) is 62.7 Å². The standard InChI is InChI=1S/C22H28N2O2/c1-18-5-9-20(10-6-18)22(25)23-17-19-7-11-21(12-8-19)26-16-15-24-13-3-2-4-14-24/h5-12H,2-4,13-17H2,1H3,(H,23,25). The summed E-state index contributed by atoms with van der Waals surface area (Å²) in [5, 5.41) is 2.95. The highest BCUT2D eigenvalue weighted by Gasteiger charge is 2.09.